The van der Waals surface area contributed by atoms with E-state index in [2.05, 4.69) is 4.98 Å². The molecule has 0 spiro atoms. The van der Waals surface area contributed by atoms with E-state index in [1.165, 1.54) is 11.0 Å². The molecule has 27 heavy (non-hydrogen) atoms. The molecule has 1 atom stereocenters. The van der Waals surface area contributed by atoms with Gasteiger partial charge in [0.15, 0.2) is 0 Å². The average molecular weight is 373 g/mol. The van der Waals surface area contributed by atoms with Crippen molar-refractivity contribution in [2.45, 2.75) is 44.3 Å². The van der Waals surface area contributed by atoms with E-state index in [1.807, 2.05) is 0 Å². The number of aromatic nitrogens is 2. The van der Waals surface area contributed by atoms with E-state index in [-0.39, 0.29) is 24.1 Å². The number of hydrogen-bond donors (Lipinski definition) is 1. The number of nitrogens with zero attached hydrogens (tertiary/aromatic N) is 3. The summed E-state index contributed by atoms with van der Waals surface area (Å²) in [6.07, 6.45) is 3.46. The van der Waals surface area contributed by atoms with Crippen LogP contribution < -0.4 is 5.56 Å². The Morgan fingerprint density at radius 2 is 2.00 bits per heavy atom. The maximum absolute atomic E-state index is 14.2. The molecule has 1 fully saturated rings. The van der Waals surface area contributed by atoms with Crippen LogP contribution in [0.25, 0.3) is 10.9 Å². The van der Waals surface area contributed by atoms with Crippen LogP contribution in [0.5, 0.6) is 0 Å². The van der Waals surface area contributed by atoms with Gasteiger partial charge in [0.25, 0.3) is 11.5 Å². The number of carboxylic acid groups (broad SMARTS) is 1. The van der Waals surface area contributed by atoms with E-state index in [0.717, 1.165) is 31.5 Å². The van der Waals surface area contributed by atoms with Gasteiger partial charge in [0.1, 0.15) is 5.82 Å². The zero-order valence-electron chi connectivity index (χ0n) is 14.8. The zero-order valence-corrected chi connectivity index (χ0v) is 14.8. The largest absolute Gasteiger partial charge is 0.479 e. The third kappa shape index (κ3) is 2.98. The lowest BCUT2D eigenvalue weighted by Gasteiger charge is -2.18. The van der Waals surface area contributed by atoms with Crippen molar-refractivity contribution in [1.29, 1.82) is 0 Å². The highest BCUT2D eigenvalue weighted by Crippen LogP contribution is 2.27. The second-order valence-corrected chi connectivity index (χ2v) is 7.27. The molecule has 0 aliphatic carbocycles. The highest BCUT2D eigenvalue weighted by molar-refractivity contribution is 5.98. The van der Waals surface area contributed by atoms with E-state index >= 15 is 0 Å². The Bertz CT molecular complexity index is 1000. The van der Waals surface area contributed by atoms with Crippen molar-refractivity contribution in [2.24, 2.45) is 0 Å². The van der Waals surface area contributed by atoms with Crippen LogP contribution in [0, 0.1) is 0 Å². The first-order valence-electron chi connectivity index (χ1n) is 9.14. The number of amides is 1. The minimum absolute atomic E-state index is 0.0416. The Morgan fingerprint density at radius 1 is 1.19 bits per heavy atom. The van der Waals surface area contributed by atoms with Crippen LogP contribution in [0.2, 0.25) is 0 Å². The number of rotatable bonds is 2. The van der Waals surface area contributed by atoms with Crippen LogP contribution in [0.1, 0.15) is 41.9 Å². The Balaban J connectivity index is 1.69. The molecule has 0 bridgehead atoms. The third-order valence-electron chi connectivity index (χ3n) is 5.45. The Labute approximate surface area is 154 Å². The molecule has 4 rings (SSSR count). The van der Waals surface area contributed by atoms with Crippen molar-refractivity contribution in [1.82, 2.24) is 14.5 Å². The second kappa shape index (κ2) is 6.44. The fourth-order valence-electron chi connectivity index (χ4n) is 3.85. The van der Waals surface area contributed by atoms with Crippen molar-refractivity contribution < 1.29 is 19.1 Å². The van der Waals surface area contributed by atoms with Crippen molar-refractivity contribution in [3.05, 3.63) is 39.9 Å². The number of halogens is 1. The number of benzene rings is 1. The first-order valence-corrected chi connectivity index (χ1v) is 9.14. The molecular formula is C19H20FN3O4. The Hall–Kier alpha value is -2.77. The molecule has 1 N–H and O–H groups in total. The summed E-state index contributed by atoms with van der Waals surface area (Å²) in [5.41, 5.74) is -1.78. The lowest BCUT2D eigenvalue weighted by Crippen LogP contribution is -2.38. The predicted molar refractivity (Wildman–Crippen MR) is 95.6 cm³/mol. The van der Waals surface area contributed by atoms with Gasteiger partial charge in [-0.3, -0.25) is 14.2 Å². The van der Waals surface area contributed by atoms with Gasteiger partial charge in [-0.1, -0.05) is 6.42 Å². The summed E-state index contributed by atoms with van der Waals surface area (Å²) in [6, 6.07) is 4.65. The number of aliphatic carboxylic acids is 1. The van der Waals surface area contributed by atoms with Gasteiger partial charge in [-0.2, -0.15) is 0 Å². The molecule has 1 saturated heterocycles. The maximum atomic E-state index is 14.2. The summed E-state index contributed by atoms with van der Waals surface area (Å²) < 4.78 is 16.0. The van der Waals surface area contributed by atoms with E-state index in [0.29, 0.717) is 17.4 Å². The van der Waals surface area contributed by atoms with E-state index in [9.17, 15) is 18.8 Å². The zero-order chi connectivity index (χ0) is 19.2. The molecule has 0 saturated carbocycles. The van der Waals surface area contributed by atoms with E-state index in [4.69, 9.17) is 5.11 Å². The molecule has 2 aromatic rings. The van der Waals surface area contributed by atoms with E-state index < -0.39 is 24.1 Å². The fourth-order valence-corrected chi connectivity index (χ4v) is 3.85. The summed E-state index contributed by atoms with van der Waals surface area (Å²) in [4.78, 5) is 42.3. The Morgan fingerprint density at radius 3 is 2.74 bits per heavy atom. The molecule has 8 heteroatoms. The lowest BCUT2D eigenvalue weighted by molar-refractivity contribution is -0.149. The van der Waals surface area contributed by atoms with Gasteiger partial charge in [0, 0.05) is 31.5 Å². The predicted octanol–water partition coefficient (Wildman–Crippen LogP) is 1.76. The number of aryl methyl sites for hydroxylation is 1. The van der Waals surface area contributed by atoms with Gasteiger partial charge in [-0.25, -0.2) is 14.2 Å². The SMILES string of the molecule is O=C(c1ccc2c(=O)n3c(nc2c1)CCCCC3)N1CCC(F)(C(=O)O)C1. The molecule has 2 aliphatic heterocycles. The van der Waals surface area contributed by atoms with Crippen molar-refractivity contribution in [3.8, 4) is 0 Å². The van der Waals surface area contributed by atoms with Crippen molar-refractivity contribution in [3.63, 3.8) is 0 Å². The first-order chi connectivity index (χ1) is 12.9. The molecule has 1 amide bonds. The number of likely N-dealkylation sites (tertiary alicyclic amines) is 1. The minimum atomic E-state index is -2.40. The summed E-state index contributed by atoms with van der Waals surface area (Å²) in [5.74, 6) is -1.27. The molecule has 0 radical (unpaired) electrons. The quantitative estimate of drug-likeness (QED) is 0.866. The second-order valence-electron chi connectivity index (χ2n) is 7.27. The number of fused-ring (bicyclic) bond motifs is 2. The molecule has 3 heterocycles. The average Bonchev–Trinajstić information content (AvgIpc) is 2.91. The number of carbonyl (C=O) groups excluding carboxylic acids is 1. The molecule has 7 nitrogen and oxygen atoms in total. The molecule has 1 aromatic carbocycles. The smallest absolute Gasteiger partial charge is 0.343 e. The molecule has 1 unspecified atom stereocenters. The monoisotopic (exact) mass is 373 g/mol. The minimum Gasteiger partial charge on any atom is -0.479 e. The maximum Gasteiger partial charge on any atom is 0.343 e. The van der Waals surface area contributed by atoms with Crippen molar-refractivity contribution in [2.75, 3.05) is 13.1 Å². The van der Waals surface area contributed by atoms with E-state index in [1.54, 1.807) is 16.7 Å². The molecular weight excluding hydrogens is 353 g/mol. The lowest BCUT2D eigenvalue weighted by atomic mass is 10.1. The number of alkyl halides is 1. The number of carbonyl (C=O) groups is 2. The third-order valence-corrected chi connectivity index (χ3v) is 5.45. The summed E-state index contributed by atoms with van der Waals surface area (Å²) in [6.45, 7) is 0.221. The van der Waals surface area contributed by atoms with Crippen molar-refractivity contribution >= 4 is 22.8 Å². The van der Waals surface area contributed by atoms with Crippen LogP contribution in [-0.2, 0) is 17.8 Å². The topological polar surface area (TPSA) is 92.5 Å². The highest BCUT2D eigenvalue weighted by Gasteiger charge is 2.47. The molecule has 2 aliphatic rings. The summed E-state index contributed by atoms with van der Waals surface area (Å²) >= 11 is 0. The first kappa shape index (κ1) is 17.6. The fraction of sp³-hybridized carbons (Fsp3) is 0.474. The van der Waals surface area contributed by atoms with Gasteiger partial charge in [-0.05, 0) is 31.0 Å². The highest BCUT2D eigenvalue weighted by atomic mass is 19.1. The van der Waals surface area contributed by atoms with Gasteiger partial charge in [-0.15, -0.1) is 0 Å². The normalized spacial score (nSPS) is 22.5. The Kier molecular flexibility index (Phi) is 4.20. The number of carboxylic acids is 1. The van der Waals surface area contributed by atoms with Crippen LogP contribution in [0.4, 0.5) is 4.39 Å². The van der Waals surface area contributed by atoms with Gasteiger partial charge in [0.05, 0.1) is 17.4 Å². The molecule has 142 valence electrons. The van der Waals surface area contributed by atoms with Crippen LogP contribution >= 0.6 is 0 Å². The van der Waals surface area contributed by atoms with Crippen LogP contribution in [0.3, 0.4) is 0 Å². The number of hydrogen-bond acceptors (Lipinski definition) is 4. The summed E-state index contributed by atoms with van der Waals surface area (Å²) in [5, 5.41) is 9.44. The van der Waals surface area contributed by atoms with Gasteiger partial charge >= 0.3 is 5.97 Å². The van der Waals surface area contributed by atoms with Gasteiger partial charge in [0.2, 0.25) is 5.67 Å². The standard InChI is InChI=1S/C19H20FN3O4/c20-19(18(26)27)7-9-22(11-19)16(24)12-5-6-13-14(10-12)21-15-4-2-1-3-8-23(15)17(13)25/h5-6,10H,1-4,7-9,11H2,(H,26,27). The van der Waals surface area contributed by atoms with Gasteiger partial charge < -0.3 is 10.0 Å². The van der Waals surface area contributed by atoms with Crippen LogP contribution in [0.15, 0.2) is 23.0 Å². The molecule has 1 aromatic heterocycles. The van der Waals surface area contributed by atoms with Crippen LogP contribution in [-0.4, -0.2) is 50.2 Å². The summed E-state index contributed by atoms with van der Waals surface area (Å²) in [7, 11) is 0.